The molecule has 4 rings (SSSR count). The smallest absolute Gasteiger partial charge is 0.180 e. The summed E-state index contributed by atoms with van der Waals surface area (Å²) >= 11 is 0. The van der Waals surface area contributed by atoms with E-state index in [1.54, 1.807) is 38.8 Å². The summed E-state index contributed by atoms with van der Waals surface area (Å²) in [4.78, 5) is 9.17. The number of aromatic nitrogens is 3. The van der Waals surface area contributed by atoms with Crippen molar-refractivity contribution < 1.29 is 13.2 Å². The Morgan fingerprint density at radius 2 is 1.93 bits per heavy atom. The van der Waals surface area contributed by atoms with Crippen molar-refractivity contribution in [3.63, 3.8) is 0 Å². The van der Waals surface area contributed by atoms with Crippen LogP contribution in [-0.2, 0) is 9.84 Å². The van der Waals surface area contributed by atoms with Gasteiger partial charge in [-0.3, -0.25) is 4.98 Å². The van der Waals surface area contributed by atoms with E-state index in [9.17, 15) is 8.42 Å². The molecule has 2 heterocycles. The van der Waals surface area contributed by atoms with Gasteiger partial charge in [0, 0.05) is 18.1 Å². The third-order valence-corrected chi connectivity index (χ3v) is 6.57. The molecule has 0 atom stereocenters. The van der Waals surface area contributed by atoms with Gasteiger partial charge in [0.2, 0.25) is 0 Å². The van der Waals surface area contributed by atoms with Gasteiger partial charge < -0.3 is 9.30 Å². The molecule has 0 unspecified atom stereocenters. The predicted molar refractivity (Wildman–Crippen MR) is 103 cm³/mol. The molecule has 1 aromatic carbocycles. The molecule has 7 heteroatoms. The maximum absolute atomic E-state index is 12.6. The molecule has 1 fully saturated rings. The molecule has 0 saturated heterocycles. The van der Waals surface area contributed by atoms with Gasteiger partial charge in [0.05, 0.1) is 24.1 Å². The third kappa shape index (κ3) is 3.47. The highest BCUT2D eigenvalue weighted by molar-refractivity contribution is 7.91. The van der Waals surface area contributed by atoms with Gasteiger partial charge >= 0.3 is 0 Å². The Bertz CT molecular complexity index is 1070. The lowest BCUT2D eigenvalue weighted by atomic mass is 10.1. The van der Waals surface area contributed by atoms with E-state index in [0.717, 1.165) is 29.8 Å². The Hall–Kier alpha value is -2.67. The minimum atomic E-state index is -3.40. The molecule has 27 heavy (non-hydrogen) atoms. The van der Waals surface area contributed by atoms with E-state index in [1.807, 2.05) is 28.8 Å². The number of hydrogen-bond acceptors (Lipinski definition) is 5. The molecule has 1 aliphatic rings. The van der Waals surface area contributed by atoms with Crippen molar-refractivity contribution in [2.75, 3.05) is 12.9 Å². The molecular formula is C20H21N3O3S. The SMILES string of the molecule is CCS(=O)(=O)c1cc(C2CC2)cnc1-c1cn(-c2ccc(OC)cc2)cn1. The first-order chi connectivity index (χ1) is 13.0. The van der Waals surface area contributed by atoms with Crippen LogP contribution in [0.2, 0.25) is 0 Å². The number of ether oxygens (including phenoxy) is 1. The summed E-state index contributed by atoms with van der Waals surface area (Å²) in [5.74, 6) is 1.25. The Morgan fingerprint density at radius 3 is 2.56 bits per heavy atom. The van der Waals surface area contributed by atoms with E-state index >= 15 is 0 Å². The van der Waals surface area contributed by atoms with Gasteiger partial charge in [-0.15, -0.1) is 0 Å². The summed E-state index contributed by atoms with van der Waals surface area (Å²) in [5, 5.41) is 0. The lowest BCUT2D eigenvalue weighted by molar-refractivity contribution is 0.414. The minimum absolute atomic E-state index is 0.0367. The van der Waals surface area contributed by atoms with Crippen molar-refractivity contribution in [1.82, 2.24) is 14.5 Å². The maximum Gasteiger partial charge on any atom is 0.180 e. The molecule has 140 valence electrons. The number of rotatable bonds is 6. The number of imidazole rings is 1. The van der Waals surface area contributed by atoms with Gasteiger partial charge in [0.25, 0.3) is 0 Å². The molecule has 0 spiro atoms. The summed E-state index contributed by atoms with van der Waals surface area (Å²) < 4.78 is 32.3. The van der Waals surface area contributed by atoms with Crippen molar-refractivity contribution >= 4 is 9.84 Å². The van der Waals surface area contributed by atoms with Crippen molar-refractivity contribution in [3.8, 4) is 22.8 Å². The molecule has 0 radical (unpaired) electrons. The Kier molecular flexibility index (Phi) is 4.47. The van der Waals surface area contributed by atoms with Crippen molar-refractivity contribution in [3.05, 3.63) is 54.6 Å². The predicted octanol–water partition coefficient (Wildman–Crippen LogP) is 3.61. The highest BCUT2D eigenvalue weighted by atomic mass is 32.2. The molecule has 0 aliphatic heterocycles. The Labute approximate surface area is 158 Å². The monoisotopic (exact) mass is 383 g/mol. The fraction of sp³-hybridized carbons (Fsp3) is 0.300. The van der Waals surface area contributed by atoms with Crippen LogP contribution in [0.3, 0.4) is 0 Å². The van der Waals surface area contributed by atoms with Crippen molar-refractivity contribution in [2.45, 2.75) is 30.6 Å². The van der Waals surface area contributed by atoms with Gasteiger partial charge in [-0.1, -0.05) is 6.92 Å². The second-order valence-electron chi connectivity index (χ2n) is 6.66. The van der Waals surface area contributed by atoms with E-state index in [-0.39, 0.29) is 10.6 Å². The molecule has 0 bridgehead atoms. The van der Waals surface area contributed by atoms with Crippen molar-refractivity contribution in [1.29, 1.82) is 0 Å². The third-order valence-electron chi connectivity index (χ3n) is 4.83. The lowest BCUT2D eigenvalue weighted by Crippen LogP contribution is -2.08. The standard InChI is InChI=1S/C20H21N3O3S/c1-3-27(24,25)19-10-15(14-4-5-14)11-21-20(19)18-12-23(13-22-18)16-6-8-17(26-2)9-7-16/h6-14H,3-5H2,1-2H3. The number of hydrogen-bond donors (Lipinski definition) is 0. The largest absolute Gasteiger partial charge is 0.497 e. The normalized spacial score (nSPS) is 14.3. The first-order valence-corrected chi connectivity index (χ1v) is 10.6. The van der Waals surface area contributed by atoms with Crippen LogP contribution < -0.4 is 4.74 Å². The highest BCUT2D eigenvalue weighted by Gasteiger charge is 2.28. The lowest BCUT2D eigenvalue weighted by Gasteiger charge is -2.09. The summed E-state index contributed by atoms with van der Waals surface area (Å²) in [6, 6.07) is 9.34. The molecule has 0 amide bonds. The number of benzene rings is 1. The Morgan fingerprint density at radius 1 is 1.19 bits per heavy atom. The van der Waals surface area contributed by atoms with E-state index in [4.69, 9.17) is 4.74 Å². The van der Waals surface area contributed by atoms with Gasteiger partial charge in [-0.2, -0.15) is 0 Å². The molecule has 2 aromatic heterocycles. The van der Waals surface area contributed by atoms with Gasteiger partial charge in [-0.25, -0.2) is 13.4 Å². The fourth-order valence-corrected chi connectivity index (χ4v) is 4.10. The van der Waals surface area contributed by atoms with E-state index in [1.165, 1.54) is 0 Å². The highest BCUT2D eigenvalue weighted by Crippen LogP contribution is 2.41. The van der Waals surface area contributed by atoms with Crippen LogP contribution in [0.1, 0.15) is 31.2 Å². The van der Waals surface area contributed by atoms with Crippen LogP contribution in [0.4, 0.5) is 0 Å². The molecule has 1 saturated carbocycles. The van der Waals surface area contributed by atoms with Crippen LogP contribution in [-0.4, -0.2) is 35.8 Å². The number of methoxy groups -OCH3 is 1. The molecule has 0 N–H and O–H groups in total. The summed E-state index contributed by atoms with van der Waals surface area (Å²) in [7, 11) is -1.78. The topological polar surface area (TPSA) is 74.1 Å². The first-order valence-electron chi connectivity index (χ1n) is 8.93. The van der Waals surface area contributed by atoms with Crippen molar-refractivity contribution in [2.24, 2.45) is 0 Å². The molecular weight excluding hydrogens is 362 g/mol. The van der Waals surface area contributed by atoms with Crippen LogP contribution in [0.15, 0.2) is 53.9 Å². The summed E-state index contributed by atoms with van der Waals surface area (Å²) in [6.45, 7) is 1.65. The zero-order chi connectivity index (χ0) is 19.0. The quantitative estimate of drug-likeness (QED) is 0.650. The maximum atomic E-state index is 12.6. The zero-order valence-corrected chi connectivity index (χ0v) is 16.1. The summed E-state index contributed by atoms with van der Waals surface area (Å²) in [5.41, 5.74) is 2.86. The second-order valence-corrected chi connectivity index (χ2v) is 8.90. The molecule has 3 aromatic rings. The summed E-state index contributed by atoms with van der Waals surface area (Å²) in [6.07, 6.45) is 7.44. The average molecular weight is 383 g/mol. The van der Waals surface area contributed by atoms with E-state index in [0.29, 0.717) is 17.3 Å². The second kappa shape index (κ2) is 6.81. The number of pyridine rings is 1. The van der Waals surface area contributed by atoms with Crippen LogP contribution in [0, 0.1) is 0 Å². The van der Waals surface area contributed by atoms with Crippen LogP contribution in [0.5, 0.6) is 5.75 Å². The van der Waals surface area contributed by atoms with E-state index < -0.39 is 9.84 Å². The molecule has 6 nitrogen and oxygen atoms in total. The van der Waals surface area contributed by atoms with Gasteiger partial charge in [0.15, 0.2) is 9.84 Å². The van der Waals surface area contributed by atoms with Crippen LogP contribution >= 0.6 is 0 Å². The van der Waals surface area contributed by atoms with Crippen LogP contribution in [0.25, 0.3) is 17.1 Å². The first kappa shape index (κ1) is 17.7. The zero-order valence-electron chi connectivity index (χ0n) is 15.3. The number of nitrogens with zero attached hydrogens (tertiary/aromatic N) is 3. The Balaban J connectivity index is 1.76. The van der Waals surface area contributed by atoms with Gasteiger partial charge in [0.1, 0.15) is 17.1 Å². The van der Waals surface area contributed by atoms with Gasteiger partial charge in [-0.05, 0) is 54.7 Å². The fourth-order valence-electron chi connectivity index (χ4n) is 3.03. The average Bonchev–Trinajstić information content (AvgIpc) is 3.44. The minimum Gasteiger partial charge on any atom is -0.497 e. The number of sulfone groups is 1. The molecule has 1 aliphatic carbocycles. The van der Waals surface area contributed by atoms with E-state index in [2.05, 4.69) is 9.97 Å².